The Balaban J connectivity index is 1.88. The molecule has 1 spiro atoms. The predicted octanol–water partition coefficient (Wildman–Crippen LogP) is 4.50. The number of hydrogen-bond donors (Lipinski definition) is 0. The zero-order chi connectivity index (χ0) is 9.35. The summed E-state index contributed by atoms with van der Waals surface area (Å²) < 4.78 is 2.32. The summed E-state index contributed by atoms with van der Waals surface area (Å²) in [6.07, 6.45) is 0. The van der Waals surface area contributed by atoms with Crippen LogP contribution in [0.2, 0.25) is 42.2 Å². The van der Waals surface area contributed by atoms with Crippen molar-refractivity contribution in [2.75, 3.05) is 0 Å². The van der Waals surface area contributed by atoms with E-state index in [1.165, 1.54) is 38.5 Å². The monoisotopic (exact) mass is 658 g/mol. The van der Waals surface area contributed by atoms with Crippen LogP contribution in [0.5, 0.6) is 0 Å². The molecule has 0 N–H and O–H groups in total. The van der Waals surface area contributed by atoms with Crippen LogP contribution in [-0.2, 0) is 53.2 Å². The fourth-order valence-corrected chi connectivity index (χ4v) is 270. The fraction of sp³-hybridized carbons (Fsp3) is 1.00. The molecule has 10 heterocycles. The van der Waals surface area contributed by atoms with Crippen molar-refractivity contribution < 1.29 is 53.2 Å². The molecule has 0 aromatic carbocycles. The maximum absolute atomic E-state index is 6.77. The van der Waals surface area contributed by atoms with Gasteiger partial charge in [0, 0.05) is 0 Å². The summed E-state index contributed by atoms with van der Waals surface area (Å²) in [5.41, 5.74) is 0. The summed E-state index contributed by atoms with van der Waals surface area (Å²) in [5, 5.41) is 0. The maximum atomic E-state index is 6.77. The molecule has 0 aliphatic carbocycles. The number of fused-ring (bicyclic) bond motifs is 10. The van der Waals surface area contributed by atoms with E-state index in [1.54, 1.807) is 0 Å². The standard InChI is InChI=1S/2C5H4.2ClH.Fe.2Hg/c2*1-2-4-5-3-1;;;;;/h2*1-4H;2*1H;;;/q;;;;;2*+1/p-2. The van der Waals surface area contributed by atoms with Crippen LogP contribution in [0, 0.1) is 0 Å². The van der Waals surface area contributed by atoms with Gasteiger partial charge in [-0.15, -0.1) is 0 Å². The summed E-state index contributed by atoms with van der Waals surface area (Å²) in [6.45, 7) is -2.79. The summed E-state index contributed by atoms with van der Waals surface area (Å²) in [5.74, 6) is 0. The Kier molecular flexibility index (Phi) is 0.278. The number of halogens is 2. The van der Waals surface area contributed by atoms with Gasteiger partial charge in [0.05, 0.1) is 0 Å². The minimum atomic E-state index is -2.79. The Morgan fingerprint density at radius 1 is 0.733 bits per heavy atom. The van der Waals surface area contributed by atoms with Crippen LogP contribution >= 0.6 is 16.5 Å². The van der Waals surface area contributed by atoms with Gasteiger partial charge in [0.1, 0.15) is 0 Å². The average Bonchev–Trinajstić information content (AvgIpc) is 3.22. The Morgan fingerprint density at radius 3 is 1.20 bits per heavy atom. The van der Waals surface area contributed by atoms with Crippen LogP contribution in [0.25, 0.3) is 0 Å². The SMILES string of the molecule is [Cl][Hg][C]12[CH]3[CH]4[CH]5[CH]1[Fe]45321678[CH]2[CH]1[CH]6[C]7([Hg][Cl])[CH]28. The van der Waals surface area contributed by atoms with Crippen molar-refractivity contribution in [2.45, 2.75) is 42.2 Å². The van der Waals surface area contributed by atoms with Crippen molar-refractivity contribution in [3.8, 4) is 0 Å². The molecule has 0 saturated carbocycles. The third-order valence-electron chi connectivity index (χ3n) is 15.8. The molecule has 10 fully saturated rings. The van der Waals surface area contributed by atoms with E-state index >= 15 is 0 Å². The molecule has 0 aromatic heterocycles. The Hall–Kier alpha value is 2.97. The number of rotatable bonds is 2. The van der Waals surface area contributed by atoms with Crippen LogP contribution in [0.15, 0.2) is 0 Å². The van der Waals surface area contributed by atoms with Crippen LogP contribution in [0.4, 0.5) is 0 Å². The summed E-state index contributed by atoms with van der Waals surface area (Å²) in [6, 6.07) is 0. The van der Waals surface area contributed by atoms with Crippen LogP contribution in [-0.4, -0.2) is 0 Å². The Morgan fingerprint density at radius 2 is 1.07 bits per heavy atom. The van der Waals surface area contributed by atoms with E-state index < -0.39 is 53.2 Å². The van der Waals surface area contributed by atoms with Crippen molar-refractivity contribution in [3.63, 3.8) is 0 Å². The van der Waals surface area contributed by atoms with Crippen LogP contribution < -0.4 is 0 Å². The zero-order valence-electron chi connectivity index (χ0n) is 8.14. The molecule has 0 aromatic rings. The van der Waals surface area contributed by atoms with E-state index in [4.69, 9.17) is 16.5 Å². The molecule has 8 unspecified atom stereocenters. The molecular weight excluding hydrogens is 648 g/mol. The third-order valence-corrected chi connectivity index (χ3v) is 131. The molecule has 0 amide bonds. The predicted molar refractivity (Wildman–Crippen MR) is 47.1 cm³/mol. The molecule has 10 aliphatic heterocycles. The van der Waals surface area contributed by atoms with Gasteiger partial charge >= 0.3 is 112 Å². The molecule has 0 radical (unpaired) electrons. The number of hydrogen-bond acceptors (Lipinski definition) is 0. The molecule has 10 saturated heterocycles. The summed E-state index contributed by atoms with van der Waals surface area (Å²) in [4.78, 5) is 11.8. The van der Waals surface area contributed by atoms with E-state index in [9.17, 15) is 0 Å². The van der Waals surface area contributed by atoms with Gasteiger partial charge in [0.2, 0.25) is 0 Å². The summed E-state index contributed by atoms with van der Waals surface area (Å²) in [7, 11) is 13.5. The second-order valence-electron chi connectivity index (χ2n) is 10.4. The molecule has 10 rings (SSSR count). The second-order valence-corrected chi connectivity index (χ2v) is 54.9. The van der Waals surface area contributed by atoms with Crippen molar-refractivity contribution in [2.24, 2.45) is 0 Å². The molecule has 0 bridgehead atoms. The average molecular weight is 656 g/mol. The minimum absolute atomic E-state index is 0.958. The first-order chi connectivity index (χ1) is 7.05. The van der Waals surface area contributed by atoms with Crippen molar-refractivity contribution in [1.82, 2.24) is 0 Å². The topological polar surface area (TPSA) is 0 Å². The van der Waals surface area contributed by atoms with Crippen molar-refractivity contribution in [3.05, 3.63) is 0 Å². The van der Waals surface area contributed by atoms with Crippen LogP contribution in [0.1, 0.15) is 0 Å². The van der Waals surface area contributed by atoms with Gasteiger partial charge in [-0.1, -0.05) is 0 Å². The van der Waals surface area contributed by atoms with E-state index in [0.717, 1.165) is 3.64 Å². The Bertz CT molecular complexity index is 867. The van der Waals surface area contributed by atoms with Gasteiger partial charge in [0.15, 0.2) is 0 Å². The van der Waals surface area contributed by atoms with Crippen molar-refractivity contribution >= 4 is 16.5 Å². The van der Waals surface area contributed by atoms with E-state index in [0.29, 0.717) is 0 Å². The molecule has 8 atom stereocenters. The van der Waals surface area contributed by atoms with E-state index in [2.05, 4.69) is 0 Å². The molecular formula is C10H8Cl2FeHg2. The normalized spacial score (nSPS) is 137. The molecule has 74 valence electrons. The van der Waals surface area contributed by atoms with Crippen LogP contribution in [0.3, 0.4) is 0 Å². The quantitative estimate of drug-likeness (QED) is 0.385. The van der Waals surface area contributed by atoms with Gasteiger partial charge in [-0.25, -0.2) is 0 Å². The van der Waals surface area contributed by atoms with Gasteiger partial charge in [-0.3, -0.25) is 0 Å². The Labute approximate surface area is 110 Å². The van der Waals surface area contributed by atoms with Gasteiger partial charge in [0.25, 0.3) is 0 Å². The van der Waals surface area contributed by atoms with Gasteiger partial charge < -0.3 is 0 Å². The first-order valence-corrected chi connectivity index (χ1v) is 31.6. The van der Waals surface area contributed by atoms with Gasteiger partial charge in [-0.05, 0) is 0 Å². The fourth-order valence-electron chi connectivity index (χ4n) is 18.2. The first-order valence-electron chi connectivity index (χ1n) is 6.38. The second kappa shape index (κ2) is 0.586. The van der Waals surface area contributed by atoms with E-state index in [-0.39, 0.29) is 0 Å². The van der Waals surface area contributed by atoms with Crippen molar-refractivity contribution in [1.29, 1.82) is 0 Å². The zero-order valence-corrected chi connectivity index (χ0v) is 21.8. The molecule has 15 heavy (non-hydrogen) atoms. The third kappa shape index (κ3) is 0.0689. The molecule has 5 heteroatoms. The summed E-state index contributed by atoms with van der Waals surface area (Å²) >= 11 is -1.92. The molecule has 0 nitrogen and oxygen atoms in total. The van der Waals surface area contributed by atoms with Gasteiger partial charge in [-0.2, -0.15) is 0 Å². The first kappa shape index (κ1) is 7.11. The molecule has 10 aliphatic rings. The van der Waals surface area contributed by atoms with E-state index in [1.807, 2.05) is 0 Å².